The van der Waals surface area contributed by atoms with E-state index < -0.39 is 33.2 Å². The topological polar surface area (TPSA) is 165 Å². The largest absolute Gasteiger partial charge is 0.490 e. The third-order valence-corrected chi connectivity index (χ3v) is 8.03. The first kappa shape index (κ1) is 31.8. The zero-order valence-corrected chi connectivity index (χ0v) is 26.0. The minimum absolute atomic E-state index is 0.131. The molecule has 0 saturated heterocycles. The van der Waals surface area contributed by atoms with E-state index in [9.17, 15) is 29.8 Å². The number of carbonyl (C=O) groups excluding carboxylic acids is 1. The van der Waals surface area contributed by atoms with Crippen molar-refractivity contribution >= 4 is 34.8 Å². The van der Waals surface area contributed by atoms with Crippen molar-refractivity contribution in [3.8, 4) is 17.2 Å². The van der Waals surface area contributed by atoms with Gasteiger partial charge in [-0.05, 0) is 63.1 Å². The fourth-order valence-electron chi connectivity index (χ4n) is 4.94. The van der Waals surface area contributed by atoms with Crippen molar-refractivity contribution in [1.29, 1.82) is 0 Å². The van der Waals surface area contributed by atoms with Gasteiger partial charge in [0.1, 0.15) is 0 Å². The van der Waals surface area contributed by atoms with Gasteiger partial charge >= 0.3 is 11.7 Å². The van der Waals surface area contributed by atoms with Gasteiger partial charge in [-0.25, -0.2) is 9.79 Å². The molecule has 0 fully saturated rings. The zero-order valence-electron chi connectivity index (χ0n) is 25.2. The summed E-state index contributed by atoms with van der Waals surface area (Å²) in [5.74, 6) is -0.392. The van der Waals surface area contributed by atoms with Crippen LogP contribution in [-0.2, 0) is 9.53 Å². The third kappa shape index (κ3) is 6.28. The average Bonchev–Trinajstić information content (AvgIpc) is 3.32. The van der Waals surface area contributed by atoms with E-state index >= 15 is 0 Å². The fourth-order valence-corrected chi connectivity index (χ4v) is 5.99. The first-order valence-electron chi connectivity index (χ1n) is 14.2. The number of ether oxygens (including phenoxy) is 3. The number of nitro groups is 2. The molecule has 0 unspecified atom stereocenters. The second kappa shape index (κ2) is 13.2. The van der Waals surface area contributed by atoms with Crippen molar-refractivity contribution in [3.05, 3.63) is 129 Å². The van der Waals surface area contributed by atoms with Crippen LogP contribution in [0.25, 0.3) is 6.08 Å². The van der Waals surface area contributed by atoms with Crippen LogP contribution in [0.1, 0.15) is 43.5 Å². The Bertz CT molecular complexity index is 2080. The van der Waals surface area contributed by atoms with Gasteiger partial charge in [0.2, 0.25) is 5.75 Å². The molecule has 0 radical (unpaired) electrons. The normalized spacial score (nSPS) is 14.3. The number of aromatic nitrogens is 1. The second-order valence-corrected chi connectivity index (χ2v) is 11.1. The molecule has 46 heavy (non-hydrogen) atoms. The van der Waals surface area contributed by atoms with Gasteiger partial charge in [0.15, 0.2) is 16.3 Å². The Balaban J connectivity index is 1.58. The Hall–Kier alpha value is -5.63. The van der Waals surface area contributed by atoms with Gasteiger partial charge in [0.05, 0.1) is 51.0 Å². The van der Waals surface area contributed by atoms with Crippen LogP contribution >= 0.6 is 11.3 Å². The fraction of sp³-hybridized carbons (Fsp3) is 0.219. The van der Waals surface area contributed by atoms with E-state index in [0.29, 0.717) is 20.6 Å². The zero-order chi connectivity index (χ0) is 33.1. The summed E-state index contributed by atoms with van der Waals surface area (Å²) < 4.78 is 18.7. The number of hydrogen-bond donors (Lipinski definition) is 0. The highest BCUT2D eigenvalue weighted by molar-refractivity contribution is 7.07. The van der Waals surface area contributed by atoms with Crippen LogP contribution in [0.3, 0.4) is 0 Å². The summed E-state index contributed by atoms with van der Waals surface area (Å²) in [4.78, 5) is 53.3. The molecule has 1 atom stereocenters. The highest BCUT2D eigenvalue weighted by atomic mass is 32.1. The number of non-ortho nitro benzene ring substituents is 1. The summed E-state index contributed by atoms with van der Waals surface area (Å²) in [6.07, 6.45) is 1.65. The van der Waals surface area contributed by atoms with E-state index in [-0.39, 0.29) is 41.6 Å². The molecule has 4 aromatic rings. The first-order chi connectivity index (χ1) is 22.0. The van der Waals surface area contributed by atoms with Crippen LogP contribution in [-0.4, -0.2) is 33.6 Å². The quantitative estimate of drug-likeness (QED) is 0.129. The number of aryl methyl sites for hydroxylation is 1. The lowest BCUT2D eigenvalue weighted by Gasteiger charge is -2.24. The van der Waals surface area contributed by atoms with E-state index in [4.69, 9.17) is 14.2 Å². The van der Waals surface area contributed by atoms with Gasteiger partial charge in [-0.1, -0.05) is 47.2 Å². The predicted octanol–water partition coefficient (Wildman–Crippen LogP) is 5.11. The number of allylic oxidation sites excluding steroid dienone is 1. The van der Waals surface area contributed by atoms with Crippen LogP contribution in [0.5, 0.6) is 17.2 Å². The molecule has 0 spiro atoms. The molecule has 236 valence electrons. The van der Waals surface area contributed by atoms with Crippen molar-refractivity contribution < 1.29 is 28.9 Å². The van der Waals surface area contributed by atoms with Crippen molar-refractivity contribution in [1.82, 2.24) is 4.57 Å². The Kier molecular flexibility index (Phi) is 9.09. The standard InChI is InChI=1S/C32H28N4O9S/c1-5-43-26-15-20(9-13-25(26)45-24-14-12-22(35(39)40)17-23(24)36(41)42)16-27-30(37)34-29(21-10-7-18(3)8-11-21)28(31(38)44-6-2)19(4)33-32(34)46-27/h7-17,29H,5-6H2,1-4H3/b27-16-/t29-/m1/s1. The molecule has 2 heterocycles. The van der Waals surface area contributed by atoms with Gasteiger partial charge in [0, 0.05) is 6.07 Å². The number of fused-ring (bicyclic) bond motifs is 1. The minimum atomic E-state index is -0.768. The molecule has 0 amide bonds. The van der Waals surface area contributed by atoms with Crippen molar-refractivity contribution in [2.75, 3.05) is 13.2 Å². The monoisotopic (exact) mass is 644 g/mol. The van der Waals surface area contributed by atoms with E-state index in [1.807, 2.05) is 31.2 Å². The Labute approximate surface area is 265 Å². The molecular weight excluding hydrogens is 616 g/mol. The summed E-state index contributed by atoms with van der Waals surface area (Å²) in [6.45, 7) is 7.52. The summed E-state index contributed by atoms with van der Waals surface area (Å²) in [6, 6.07) is 14.7. The summed E-state index contributed by atoms with van der Waals surface area (Å²) in [5, 5.41) is 22.7. The molecule has 0 aliphatic carbocycles. The maximum atomic E-state index is 13.9. The van der Waals surface area contributed by atoms with Crippen LogP contribution in [0, 0.1) is 27.2 Å². The lowest BCUT2D eigenvalue weighted by molar-refractivity contribution is -0.394. The Morgan fingerprint density at radius 1 is 0.957 bits per heavy atom. The van der Waals surface area contributed by atoms with Crippen LogP contribution in [0.15, 0.2) is 81.7 Å². The Morgan fingerprint density at radius 2 is 1.67 bits per heavy atom. The maximum absolute atomic E-state index is 13.9. The summed E-state index contributed by atoms with van der Waals surface area (Å²) in [5.41, 5.74) is 1.67. The molecule has 14 heteroatoms. The molecule has 1 aromatic heterocycles. The van der Waals surface area contributed by atoms with E-state index in [0.717, 1.165) is 40.7 Å². The van der Waals surface area contributed by atoms with E-state index in [1.54, 1.807) is 39.0 Å². The first-order valence-corrected chi connectivity index (χ1v) is 15.0. The number of rotatable bonds is 10. The van der Waals surface area contributed by atoms with Gasteiger partial charge < -0.3 is 14.2 Å². The lowest BCUT2D eigenvalue weighted by atomic mass is 9.95. The van der Waals surface area contributed by atoms with Crippen molar-refractivity contribution in [3.63, 3.8) is 0 Å². The van der Waals surface area contributed by atoms with Crippen LogP contribution in [0.2, 0.25) is 0 Å². The number of carbonyl (C=O) groups is 1. The van der Waals surface area contributed by atoms with Gasteiger partial charge in [-0.2, -0.15) is 0 Å². The maximum Gasteiger partial charge on any atom is 0.338 e. The highest BCUT2D eigenvalue weighted by Gasteiger charge is 2.33. The molecule has 1 aliphatic heterocycles. The number of benzene rings is 3. The smallest absolute Gasteiger partial charge is 0.338 e. The molecule has 1 aliphatic rings. The Morgan fingerprint density at radius 3 is 2.33 bits per heavy atom. The second-order valence-electron chi connectivity index (χ2n) is 10.1. The lowest BCUT2D eigenvalue weighted by Crippen LogP contribution is -2.39. The highest BCUT2D eigenvalue weighted by Crippen LogP contribution is 2.39. The van der Waals surface area contributed by atoms with Gasteiger partial charge in [0.25, 0.3) is 11.2 Å². The van der Waals surface area contributed by atoms with Gasteiger partial charge in [-0.15, -0.1) is 0 Å². The number of nitro benzene ring substituents is 2. The molecule has 0 saturated carbocycles. The minimum Gasteiger partial charge on any atom is -0.490 e. The van der Waals surface area contributed by atoms with Crippen molar-refractivity contribution in [2.45, 2.75) is 33.7 Å². The summed E-state index contributed by atoms with van der Waals surface area (Å²) >= 11 is 1.16. The molecule has 5 rings (SSSR count). The third-order valence-electron chi connectivity index (χ3n) is 7.05. The number of thiazole rings is 1. The predicted molar refractivity (Wildman–Crippen MR) is 169 cm³/mol. The average molecular weight is 645 g/mol. The van der Waals surface area contributed by atoms with Crippen LogP contribution in [0.4, 0.5) is 11.4 Å². The van der Waals surface area contributed by atoms with Crippen molar-refractivity contribution in [2.24, 2.45) is 4.99 Å². The van der Waals surface area contributed by atoms with Gasteiger partial charge in [-0.3, -0.25) is 29.6 Å². The number of nitrogens with zero attached hydrogens (tertiary/aromatic N) is 4. The molecule has 3 aromatic carbocycles. The van der Waals surface area contributed by atoms with Crippen LogP contribution < -0.4 is 24.4 Å². The number of esters is 1. The van der Waals surface area contributed by atoms with E-state index in [1.165, 1.54) is 10.6 Å². The number of hydrogen-bond acceptors (Lipinski definition) is 11. The molecule has 0 bridgehead atoms. The molecule has 0 N–H and O–H groups in total. The summed E-state index contributed by atoms with van der Waals surface area (Å²) in [7, 11) is 0. The molecular formula is C32H28N4O9S. The SMILES string of the molecule is CCOC(=O)C1=C(C)N=c2s/c(=C\c3ccc(Oc4ccc([N+](=O)[O-])cc4[N+](=O)[O-])c(OCC)c3)c(=O)n2[C@@H]1c1ccc(C)cc1. The van der Waals surface area contributed by atoms with E-state index in [2.05, 4.69) is 4.99 Å². The molecule has 13 nitrogen and oxygen atoms in total.